The zero-order valence-electron chi connectivity index (χ0n) is 16.9. The summed E-state index contributed by atoms with van der Waals surface area (Å²) in [5.74, 6) is -0.490. The van der Waals surface area contributed by atoms with Crippen LogP contribution in [0.5, 0.6) is 5.75 Å². The van der Waals surface area contributed by atoms with Crippen molar-refractivity contribution < 1.29 is 31.9 Å². The van der Waals surface area contributed by atoms with Crippen molar-refractivity contribution in [3.05, 3.63) is 29.5 Å². The van der Waals surface area contributed by atoms with E-state index in [-0.39, 0.29) is 23.3 Å². The highest BCUT2D eigenvalue weighted by atomic mass is 32.2. The fourth-order valence-corrected chi connectivity index (χ4v) is 5.37. The van der Waals surface area contributed by atoms with Crippen molar-refractivity contribution in [2.75, 3.05) is 25.2 Å². The fraction of sp³-hybridized carbons (Fsp3) is 0.500. The lowest BCUT2D eigenvalue weighted by Gasteiger charge is -2.29. The van der Waals surface area contributed by atoms with E-state index < -0.39 is 27.8 Å². The number of esters is 1. The van der Waals surface area contributed by atoms with Crippen LogP contribution in [0, 0.1) is 6.92 Å². The number of likely N-dealkylation sites (N-methyl/N-ethyl adjacent to an activating group) is 1. The van der Waals surface area contributed by atoms with Gasteiger partial charge in [-0.05, 0) is 45.4 Å². The molecular formula is C20H25NO7S. The molecule has 0 spiro atoms. The normalized spacial score (nSPS) is 19.1. The Labute approximate surface area is 169 Å². The lowest BCUT2D eigenvalue weighted by Crippen LogP contribution is -2.46. The van der Waals surface area contributed by atoms with Gasteiger partial charge in [-0.25, -0.2) is 13.2 Å². The van der Waals surface area contributed by atoms with Gasteiger partial charge in [0.1, 0.15) is 11.3 Å². The smallest absolute Gasteiger partial charge is 0.375 e. The number of carbonyl (C=O) groups excluding carboxylic acids is 2. The number of benzene rings is 1. The van der Waals surface area contributed by atoms with Crippen molar-refractivity contribution in [2.24, 2.45) is 0 Å². The summed E-state index contributed by atoms with van der Waals surface area (Å²) in [5, 5.41) is 0.724. The van der Waals surface area contributed by atoms with Crippen molar-refractivity contribution in [3.8, 4) is 5.75 Å². The van der Waals surface area contributed by atoms with Crippen molar-refractivity contribution in [2.45, 2.75) is 39.3 Å². The number of hydrogen-bond acceptors (Lipinski definition) is 7. The van der Waals surface area contributed by atoms with Crippen LogP contribution in [0.25, 0.3) is 11.0 Å². The summed E-state index contributed by atoms with van der Waals surface area (Å²) in [7, 11) is -1.58. The van der Waals surface area contributed by atoms with Crippen LogP contribution in [0.15, 0.2) is 22.6 Å². The van der Waals surface area contributed by atoms with Crippen LogP contribution < -0.4 is 4.74 Å². The lowest BCUT2D eigenvalue weighted by atomic mass is 10.1. The van der Waals surface area contributed by atoms with Crippen LogP contribution in [0.2, 0.25) is 0 Å². The van der Waals surface area contributed by atoms with Crippen molar-refractivity contribution >= 4 is 32.7 Å². The van der Waals surface area contributed by atoms with Crippen LogP contribution in [0.4, 0.5) is 0 Å². The number of aryl methyl sites for hydroxylation is 1. The van der Waals surface area contributed by atoms with Gasteiger partial charge in [-0.1, -0.05) is 0 Å². The number of carbonyl (C=O) groups is 2. The molecule has 0 saturated carbocycles. The third-order valence-corrected chi connectivity index (χ3v) is 6.98. The summed E-state index contributed by atoms with van der Waals surface area (Å²) in [6.07, 6.45) is -0.666. The van der Waals surface area contributed by atoms with E-state index in [1.165, 1.54) is 11.8 Å². The number of rotatable bonds is 6. The Bertz CT molecular complexity index is 1040. The highest BCUT2D eigenvalue weighted by Gasteiger charge is 2.36. The second-order valence-electron chi connectivity index (χ2n) is 7.15. The molecule has 1 aromatic carbocycles. The molecule has 2 heterocycles. The minimum atomic E-state index is -3.13. The SMILES string of the molecule is CCN(C(=O)[C@@H](C)OC(=O)c1oc2ccc(OC)cc2c1C)[C@H]1CCS(=O)(=O)C1. The summed E-state index contributed by atoms with van der Waals surface area (Å²) in [6, 6.07) is 4.80. The molecule has 1 fully saturated rings. The van der Waals surface area contributed by atoms with E-state index in [2.05, 4.69) is 0 Å². The maximum Gasteiger partial charge on any atom is 0.375 e. The molecule has 1 aliphatic heterocycles. The minimum Gasteiger partial charge on any atom is -0.497 e. The van der Waals surface area contributed by atoms with Crippen LogP contribution in [0.1, 0.15) is 36.4 Å². The van der Waals surface area contributed by atoms with Crippen molar-refractivity contribution in [3.63, 3.8) is 0 Å². The molecule has 158 valence electrons. The first kappa shape index (κ1) is 21.2. The van der Waals surface area contributed by atoms with E-state index in [1.807, 2.05) is 0 Å². The molecule has 1 aromatic heterocycles. The first-order chi connectivity index (χ1) is 13.7. The van der Waals surface area contributed by atoms with Crippen LogP contribution in [-0.2, 0) is 19.4 Å². The van der Waals surface area contributed by atoms with Crippen molar-refractivity contribution in [1.82, 2.24) is 4.90 Å². The molecule has 2 aromatic rings. The largest absolute Gasteiger partial charge is 0.497 e. The Morgan fingerprint density at radius 1 is 1.34 bits per heavy atom. The van der Waals surface area contributed by atoms with Gasteiger partial charge in [0.25, 0.3) is 5.91 Å². The highest BCUT2D eigenvalue weighted by molar-refractivity contribution is 7.91. The number of nitrogens with zero attached hydrogens (tertiary/aromatic N) is 1. The quantitative estimate of drug-likeness (QED) is 0.657. The second kappa shape index (κ2) is 8.06. The maximum atomic E-state index is 12.8. The van der Waals surface area contributed by atoms with E-state index >= 15 is 0 Å². The molecule has 0 unspecified atom stereocenters. The minimum absolute atomic E-state index is 0.0272. The number of hydrogen-bond donors (Lipinski definition) is 0. The topological polar surface area (TPSA) is 103 Å². The van der Waals surface area contributed by atoms with Crippen LogP contribution >= 0.6 is 0 Å². The number of furan rings is 1. The summed E-state index contributed by atoms with van der Waals surface area (Å²) < 4.78 is 39.7. The van der Waals surface area contributed by atoms with E-state index in [9.17, 15) is 18.0 Å². The van der Waals surface area contributed by atoms with Gasteiger partial charge >= 0.3 is 5.97 Å². The number of amides is 1. The molecular weight excluding hydrogens is 398 g/mol. The average Bonchev–Trinajstić information content (AvgIpc) is 3.21. The molecule has 0 radical (unpaired) electrons. The first-order valence-electron chi connectivity index (χ1n) is 9.46. The number of sulfone groups is 1. The van der Waals surface area contributed by atoms with E-state index in [0.29, 0.717) is 29.9 Å². The summed E-state index contributed by atoms with van der Waals surface area (Å²) in [5.41, 5.74) is 1.11. The summed E-state index contributed by atoms with van der Waals surface area (Å²) in [6.45, 7) is 5.32. The van der Waals surface area contributed by atoms with Crippen molar-refractivity contribution in [1.29, 1.82) is 0 Å². The third-order valence-electron chi connectivity index (χ3n) is 5.23. The average molecular weight is 423 g/mol. The van der Waals surface area contributed by atoms with E-state index in [0.717, 1.165) is 5.39 Å². The predicted octanol–water partition coefficient (Wildman–Crippen LogP) is 2.33. The molecule has 1 amide bonds. The number of fused-ring (bicyclic) bond motifs is 1. The van der Waals surface area contributed by atoms with Gasteiger partial charge in [0, 0.05) is 23.5 Å². The van der Waals surface area contributed by atoms with Gasteiger partial charge in [0.05, 0.1) is 18.6 Å². The molecule has 29 heavy (non-hydrogen) atoms. The predicted molar refractivity (Wildman–Crippen MR) is 107 cm³/mol. The van der Waals surface area contributed by atoms with E-state index in [1.54, 1.807) is 39.2 Å². The zero-order valence-corrected chi connectivity index (χ0v) is 17.7. The molecule has 9 heteroatoms. The summed E-state index contributed by atoms with van der Waals surface area (Å²) >= 11 is 0. The molecule has 2 atom stereocenters. The van der Waals surface area contributed by atoms with E-state index in [4.69, 9.17) is 13.9 Å². The molecule has 0 bridgehead atoms. The fourth-order valence-electron chi connectivity index (χ4n) is 3.63. The Morgan fingerprint density at radius 3 is 2.66 bits per heavy atom. The van der Waals surface area contributed by atoms with Gasteiger partial charge in [0.15, 0.2) is 15.9 Å². The van der Waals surface area contributed by atoms with Gasteiger partial charge in [-0.15, -0.1) is 0 Å². The lowest BCUT2D eigenvalue weighted by molar-refractivity contribution is -0.141. The van der Waals surface area contributed by atoms with Gasteiger partial charge < -0.3 is 18.8 Å². The standard InChI is InChI=1S/C20H25NO7S/c1-5-21(14-8-9-29(24,25)11-14)19(22)13(3)27-20(23)18-12(2)16-10-15(26-4)6-7-17(16)28-18/h6-7,10,13-14H,5,8-9,11H2,1-4H3/t13-,14+/m1/s1. The number of ether oxygens (including phenoxy) is 2. The third kappa shape index (κ3) is 4.24. The Morgan fingerprint density at radius 2 is 2.07 bits per heavy atom. The molecule has 0 N–H and O–H groups in total. The van der Waals surface area contributed by atoms with Crippen LogP contribution in [0.3, 0.4) is 0 Å². The second-order valence-corrected chi connectivity index (χ2v) is 9.38. The maximum absolute atomic E-state index is 12.8. The van der Waals surface area contributed by atoms with Gasteiger partial charge in [0.2, 0.25) is 5.76 Å². The Balaban J connectivity index is 1.75. The molecule has 1 saturated heterocycles. The first-order valence-corrected chi connectivity index (χ1v) is 11.3. The van der Waals surface area contributed by atoms with Crippen LogP contribution in [-0.4, -0.2) is 62.5 Å². The molecule has 0 aliphatic carbocycles. The summed E-state index contributed by atoms with van der Waals surface area (Å²) in [4.78, 5) is 26.9. The Hall–Kier alpha value is -2.55. The zero-order chi connectivity index (χ0) is 21.3. The molecule has 8 nitrogen and oxygen atoms in total. The molecule has 1 aliphatic rings. The Kier molecular flexibility index (Phi) is 5.88. The monoisotopic (exact) mass is 423 g/mol. The van der Waals surface area contributed by atoms with Gasteiger partial charge in [-0.3, -0.25) is 4.79 Å². The number of methoxy groups -OCH3 is 1. The van der Waals surface area contributed by atoms with Gasteiger partial charge in [-0.2, -0.15) is 0 Å². The highest BCUT2D eigenvalue weighted by Crippen LogP contribution is 2.29. The molecule has 3 rings (SSSR count).